The summed E-state index contributed by atoms with van der Waals surface area (Å²) in [5.74, 6) is 1.03. The first-order chi connectivity index (χ1) is 11.8. The molecule has 0 saturated carbocycles. The predicted molar refractivity (Wildman–Crippen MR) is 85.1 cm³/mol. The van der Waals surface area contributed by atoms with Crippen molar-refractivity contribution >= 4 is 5.91 Å². The number of rotatable bonds is 6. The van der Waals surface area contributed by atoms with Crippen LogP contribution in [0.3, 0.4) is 0 Å². The molecule has 1 atom stereocenters. The molecule has 0 bridgehead atoms. The van der Waals surface area contributed by atoms with Crippen molar-refractivity contribution in [3.63, 3.8) is 0 Å². The van der Waals surface area contributed by atoms with E-state index in [9.17, 15) is 4.79 Å². The Morgan fingerprint density at radius 1 is 1.38 bits per heavy atom. The molecule has 2 N–H and O–H groups in total. The fourth-order valence-corrected chi connectivity index (χ4v) is 2.58. The summed E-state index contributed by atoms with van der Waals surface area (Å²) >= 11 is 0. The summed E-state index contributed by atoms with van der Waals surface area (Å²) in [6, 6.07) is 7.51. The largest absolute Gasteiger partial charge is 0.454 e. The Bertz CT molecular complexity index is 675. The normalized spacial score (nSPS) is 19.0. The molecule has 0 aliphatic carbocycles. The molecule has 7 heteroatoms. The number of nitriles is 1. The number of ether oxygens (including phenoxy) is 3. The molecule has 0 spiro atoms. The zero-order chi connectivity index (χ0) is 16.8. The fraction of sp³-hybridized carbons (Fsp3) is 0.412. The molecule has 126 valence electrons. The first kappa shape index (κ1) is 16.1. The van der Waals surface area contributed by atoms with E-state index in [1.54, 1.807) is 0 Å². The van der Waals surface area contributed by atoms with Gasteiger partial charge in [0.05, 0.1) is 6.10 Å². The van der Waals surface area contributed by atoms with E-state index in [0.717, 1.165) is 30.8 Å². The first-order valence-corrected chi connectivity index (χ1v) is 7.88. The van der Waals surface area contributed by atoms with Crippen LogP contribution in [0, 0.1) is 11.3 Å². The number of nitrogens with one attached hydrogen (secondary N) is 2. The minimum atomic E-state index is -0.397. The second-order valence-corrected chi connectivity index (χ2v) is 5.58. The minimum Gasteiger partial charge on any atom is -0.454 e. The van der Waals surface area contributed by atoms with Gasteiger partial charge < -0.3 is 24.8 Å². The van der Waals surface area contributed by atoms with Crippen LogP contribution in [-0.4, -0.2) is 32.0 Å². The molecule has 0 radical (unpaired) electrons. The Balaban J connectivity index is 1.49. The van der Waals surface area contributed by atoms with Crippen molar-refractivity contribution in [2.45, 2.75) is 25.5 Å². The van der Waals surface area contributed by atoms with Crippen molar-refractivity contribution in [3.05, 3.63) is 35.5 Å². The van der Waals surface area contributed by atoms with E-state index in [1.807, 2.05) is 24.3 Å². The highest BCUT2D eigenvalue weighted by Crippen LogP contribution is 2.32. The average molecular weight is 329 g/mol. The van der Waals surface area contributed by atoms with Crippen molar-refractivity contribution in [2.75, 3.05) is 19.9 Å². The molecule has 1 saturated heterocycles. The van der Waals surface area contributed by atoms with Gasteiger partial charge in [-0.1, -0.05) is 6.07 Å². The van der Waals surface area contributed by atoms with E-state index in [2.05, 4.69) is 10.6 Å². The van der Waals surface area contributed by atoms with Crippen molar-refractivity contribution in [3.8, 4) is 17.6 Å². The molecule has 1 aromatic carbocycles. The van der Waals surface area contributed by atoms with Crippen LogP contribution in [0.25, 0.3) is 0 Å². The first-order valence-electron chi connectivity index (χ1n) is 7.88. The van der Waals surface area contributed by atoms with E-state index in [1.165, 1.54) is 6.20 Å². The molecule has 24 heavy (non-hydrogen) atoms. The molecular weight excluding hydrogens is 310 g/mol. The molecular formula is C17H19N3O4. The Morgan fingerprint density at radius 2 is 2.25 bits per heavy atom. The molecule has 1 aromatic rings. The minimum absolute atomic E-state index is 0.0359. The van der Waals surface area contributed by atoms with E-state index in [4.69, 9.17) is 19.5 Å². The number of hydrogen-bond acceptors (Lipinski definition) is 6. The quantitative estimate of drug-likeness (QED) is 0.602. The number of nitrogens with zero attached hydrogens (tertiary/aromatic N) is 1. The fourth-order valence-electron chi connectivity index (χ4n) is 2.58. The number of fused-ring (bicyclic) bond motifs is 1. The monoisotopic (exact) mass is 329 g/mol. The van der Waals surface area contributed by atoms with E-state index in [-0.39, 0.29) is 18.5 Å². The summed E-state index contributed by atoms with van der Waals surface area (Å²) in [7, 11) is 0. The highest BCUT2D eigenvalue weighted by molar-refractivity contribution is 5.97. The van der Waals surface area contributed by atoms with Crippen molar-refractivity contribution in [1.29, 1.82) is 5.26 Å². The summed E-state index contributed by atoms with van der Waals surface area (Å²) in [5, 5.41) is 14.8. The van der Waals surface area contributed by atoms with Gasteiger partial charge in [-0.25, -0.2) is 0 Å². The zero-order valence-corrected chi connectivity index (χ0v) is 13.2. The Kier molecular flexibility index (Phi) is 5.18. The van der Waals surface area contributed by atoms with Gasteiger partial charge in [0.25, 0.3) is 5.91 Å². The maximum atomic E-state index is 12.0. The second kappa shape index (κ2) is 7.70. The van der Waals surface area contributed by atoms with Crippen LogP contribution in [-0.2, 0) is 16.1 Å². The van der Waals surface area contributed by atoms with Crippen LogP contribution in [0.1, 0.15) is 18.4 Å². The number of hydrogen-bond donors (Lipinski definition) is 2. The molecule has 2 aliphatic heterocycles. The lowest BCUT2D eigenvalue weighted by molar-refractivity contribution is -0.117. The van der Waals surface area contributed by atoms with Gasteiger partial charge in [-0.2, -0.15) is 5.26 Å². The van der Waals surface area contributed by atoms with Gasteiger partial charge in [0.2, 0.25) is 6.79 Å². The third kappa shape index (κ3) is 3.97. The third-order valence-corrected chi connectivity index (χ3v) is 3.87. The summed E-state index contributed by atoms with van der Waals surface area (Å²) in [5.41, 5.74) is 1.00. The second-order valence-electron chi connectivity index (χ2n) is 5.58. The van der Waals surface area contributed by atoms with E-state index in [0.29, 0.717) is 18.8 Å². The summed E-state index contributed by atoms with van der Waals surface area (Å²) in [6.45, 7) is 1.87. The summed E-state index contributed by atoms with van der Waals surface area (Å²) in [6.07, 6.45) is 3.43. The number of amides is 1. The van der Waals surface area contributed by atoms with Crippen LogP contribution in [0.4, 0.5) is 0 Å². The number of benzene rings is 1. The smallest absolute Gasteiger partial charge is 0.263 e. The third-order valence-electron chi connectivity index (χ3n) is 3.87. The topological polar surface area (TPSA) is 92.6 Å². The molecule has 1 amide bonds. The average Bonchev–Trinajstić information content (AvgIpc) is 3.27. The lowest BCUT2D eigenvalue weighted by Crippen LogP contribution is -2.32. The van der Waals surface area contributed by atoms with Gasteiger partial charge in [0.1, 0.15) is 11.6 Å². The highest BCUT2D eigenvalue weighted by Gasteiger charge is 2.17. The zero-order valence-electron chi connectivity index (χ0n) is 13.2. The SMILES string of the molecule is N#C/C(=C/NCc1ccc2c(c1)OCO2)C(=O)NCC1CCCO1. The molecule has 1 unspecified atom stereocenters. The van der Waals surface area contributed by atoms with Gasteiger partial charge in [0, 0.05) is 25.9 Å². The van der Waals surface area contributed by atoms with Crippen LogP contribution in [0.15, 0.2) is 30.0 Å². The molecule has 1 fully saturated rings. The maximum Gasteiger partial charge on any atom is 0.263 e. The standard InChI is InChI=1S/C17H19N3O4/c18-7-13(17(21)20-10-14-2-1-5-22-14)9-19-8-12-3-4-15-16(6-12)24-11-23-15/h3-4,6,9,14,19H,1-2,5,8,10-11H2,(H,20,21)/b13-9-. The molecule has 2 aliphatic rings. The highest BCUT2D eigenvalue weighted by atomic mass is 16.7. The summed E-state index contributed by atoms with van der Waals surface area (Å²) < 4.78 is 16.0. The van der Waals surface area contributed by atoms with Crippen molar-refractivity contribution < 1.29 is 19.0 Å². The van der Waals surface area contributed by atoms with Crippen molar-refractivity contribution in [1.82, 2.24) is 10.6 Å². The molecule has 3 rings (SSSR count). The lowest BCUT2D eigenvalue weighted by Gasteiger charge is -2.10. The molecule has 7 nitrogen and oxygen atoms in total. The molecule has 0 aromatic heterocycles. The Hall–Kier alpha value is -2.72. The van der Waals surface area contributed by atoms with Crippen LogP contribution < -0.4 is 20.1 Å². The van der Waals surface area contributed by atoms with E-state index >= 15 is 0 Å². The summed E-state index contributed by atoms with van der Waals surface area (Å²) in [4.78, 5) is 12.0. The van der Waals surface area contributed by atoms with Crippen LogP contribution in [0.5, 0.6) is 11.5 Å². The lowest BCUT2D eigenvalue weighted by atomic mass is 10.2. The maximum absolute atomic E-state index is 12.0. The van der Waals surface area contributed by atoms with Gasteiger partial charge in [-0.15, -0.1) is 0 Å². The number of carbonyl (C=O) groups excluding carboxylic acids is 1. The van der Waals surface area contributed by atoms with Crippen molar-refractivity contribution in [2.24, 2.45) is 0 Å². The van der Waals surface area contributed by atoms with Gasteiger partial charge in [-0.3, -0.25) is 4.79 Å². The van der Waals surface area contributed by atoms with Gasteiger partial charge in [0.15, 0.2) is 11.5 Å². The van der Waals surface area contributed by atoms with Crippen LogP contribution >= 0.6 is 0 Å². The predicted octanol–water partition coefficient (Wildman–Crippen LogP) is 1.21. The van der Waals surface area contributed by atoms with Gasteiger partial charge >= 0.3 is 0 Å². The Labute approximate surface area is 140 Å². The number of carbonyl (C=O) groups is 1. The van der Waals surface area contributed by atoms with E-state index < -0.39 is 5.91 Å². The Morgan fingerprint density at radius 3 is 3.04 bits per heavy atom. The molecule has 2 heterocycles. The van der Waals surface area contributed by atoms with Crippen LogP contribution in [0.2, 0.25) is 0 Å². The van der Waals surface area contributed by atoms with Gasteiger partial charge in [-0.05, 0) is 30.5 Å².